The highest BCUT2D eigenvalue weighted by Gasteiger charge is 2.31. The smallest absolute Gasteiger partial charge is 0.309 e. The lowest BCUT2D eigenvalue weighted by Crippen LogP contribution is -2.27. The lowest BCUT2D eigenvalue weighted by atomic mass is 9.80. The zero-order valence-corrected chi connectivity index (χ0v) is 9.10. The van der Waals surface area contributed by atoms with E-state index in [4.69, 9.17) is 5.11 Å². The molecule has 0 aliphatic heterocycles. The summed E-state index contributed by atoms with van der Waals surface area (Å²) in [5.41, 5.74) is -0.480. The van der Waals surface area contributed by atoms with Crippen LogP contribution in [-0.2, 0) is 4.79 Å². The SMILES string of the molecule is CCCCC(C)(CCCC)C(=O)O. The summed E-state index contributed by atoms with van der Waals surface area (Å²) >= 11 is 0. The van der Waals surface area contributed by atoms with Gasteiger partial charge in [0.2, 0.25) is 0 Å². The number of rotatable bonds is 7. The molecule has 2 nitrogen and oxygen atoms in total. The Kier molecular flexibility index (Phi) is 5.76. The van der Waals surface area contributed by atoms with Crippen molar-refractivity contribution < 1.29 is 9.90 Å². The maximum absolute atomic E-state index is 11.0. The van der Waals surface area contributed by atoms with Gasteiger partial charge in [0.25, 0.3) is 0 Å². The largest absolute Gasteiger partial charge is 0.481 e. The number of hydrogen-bond acceptors (Lipinski definition) is 1. The van der Waals surface area contributed by atoms with Crippen LogP contribution in [0.4, 0.5) is 0 Å². The lowest BCUT2D eigenvalue weighted by Gasteiger charge is -2.24. The van der Waals surface area contributed by atoms with Gasteiger partial charge in [-0.3, -0.25) is 4.79 Å². The molecule has 0 aliphatic rings. The normalized spacial score (nSPS) is 11.6. The van der Waals surface area contributed by atoms with Gasteiger partial charge < -0.3 is 5.11 Å². The summed E-state index contributed by atoms with van der Waals surface area (Å²) in [6, 6.07) is 0. The van der Waals surface area contributed by atoms with Crippen LogP contribution in [0.2, 0.25) is 0 Å². The molecule has 0 atom stereocenters. The Hall–Kier alpha value is -0.530. The monoisotopic (exact) mass is 186 g/mol. The van der Waals surface area contributed by atoms with E-state index in [0.717, 1.165) is 38.5 Å². The van der Waals surface area contributed by atoms with Crippen LogP contribution in [0.3, 0.4) is 0 Å². The van der Waals surface area contributed by atoms with E-state index in [9.17, 15) is 4.79 Å². The zero-order valence-electron chi connectivity index (χ0n) is 9.10. The number of hydrogen-bond donors (Lipinski definition) is 1. The average Bonchev–Trinajstić information content (AvgIpc) is 2.11. The van der Waals surface area contributed by atoms with Crippen LogP contribution < -0.4 is 0 Å². The highest BCUT2D eigenvalue weighted by Crippen LogP contribution is 2.30. The first-order chi connectivity index (χ1) is 6.06. The van der Waals surface area contributed by atoms with Gasteiger partial charge in [-0.1, -0.05) is 39.5 Å². The van der Waals surface area contributed by atoms with Crippen LogP contribution in [-0.4, -0.2) is 11.1 Å². The minimum atomic E-state index is -0.630. The summed E-state index contributed by atoms with van der Waals surface area (Å²) in [7, 11) is 0. The van der Waals surface area contributed by atoms with E-state index < -0.39 is 11.4 Å². The summed E-state index contributed by atoms with van der Waals surface area (Å²) in [4.78, 5) is 11.0. The lowest BCUT2D eigenvalue weighted by molar-refractivity contribution is -0.149. The van der Waals surface area contributed by atoms with Crippen molar-refractivity contribution in [1.82, 2.24) is 0 Å². The molecule has 0 saturated heterocycles. The molecule has 0 rings (SSSR count). The Labute approximate surface area is 81.3 Å². The minimum Gasteiger partial charge on any atom is -0.481 e. The Morgan fingerprint density at radius 1 is 1.15 bits per heavy atom. The maximum atomic E-state index is 11.0. The molecule has 0 bridgehead atoms. The predicted octanol–water partition coefficient (Wildman–Crippen LogP) is 3.46. The molecule has 0 radical (unpaired) electrons. The Morgan fingerprint density at radius 2 is 1.54 bits per heavy atom. The second kappa shape index (κ2) is 6.01. The molecule has 0 saturated carbocycles. The Morgan fingerprint density at radius 3 is 1.77 bits per heavy atom. The number of carbonyl (C=O) groups is 1. The second-order valence-electron chi connectivity index (χ2n) is 4.07. The van der Waals surface area contributed by atoms with Crippen molar-refractivity contribution in [3.63, 3.8) is 0 Å². The van der Waals surface area contributed by atoms with E-state index in [-0.39, 0.29) is 0 Å². The summed E-state index contributed by atoms with van der Waals surface area (Å²) in [6.07, 6.45) is 5.83. The fourth-order valence-corrected chi connectivity index (χ4v) is 1.47. The van der Waals surface area contributed by atoms with E-state index in [0.29, 0.717) is 0 Å². The summed E-state index contributed by atoms with van der Waals surface area (Å²) in [5.74, 6) is -0.630. The molecule has 0 aliphatic carbocycles. The standard InChI is InChI=1S/C11H22O2/c1-4-6-8-11(3,10(12)13)9-7-5-2/h4-9H2,1-3H3,(H,12,13). The summed E-state index contributed by atoms with van der Waals surface area (Å²) < 4.78 is 0. The third kappa shape index (κ3) is 4.30. The van der Waals surface area contributed by atoms with Crippen LogP contribution in [0.1, 0.15) is 59.3 Å². The highest BCUT2D eigenvalue weighted by atomic mass is 16.4. The molecule has 0 spiro atoms. The topological polar surface area (TPSA) is 37.3 Å². The van der Waals surface area contributed by atoms with Crippen LogP contribution in [0.25, 0.3) is 0 Å². The van der Waals surface area contributed by atoms with Crippen molar-refractivity contribution in [3.8, 4) is 0 Å². The van der Waals surface area contributed by atoms with Gasteiger partial charge in [0, 0.05) is 0 Å². The Bertz CT molecular complexity index is 144. The quantitative estimate of drug-likeness (QED) is 0.661. The van der Waals surface area contributed by atoms with Gasteiger partial charge in [0.05, 0.1) is 5.41 Å². The second-order valence-corrected chi connectivity index (χ2v) is 4.07. The minimum absolute atomic E-state index is 0.480. The molecule has 0 aromatic heterocycles. The first kappa shape index (κ1) is 12.5. The molecule has 1 N–H and O–H groups in total. The van der Waals surface area contributed by atoms with Crippen molar-refractivity contribution in [3.05, 3.63) is 0 Å². The van der Waals surface area contributed by atoms with E-state index in [1.807, 2.05) is 6.92 Å². The zero-order chi connectivity index (χ0) is 10.3. The fourth-order valence-electron chi connectivity index (χ4n) is 1.47. The third-order valence-electron chi connectivity index (χ3n) is 2.68. The van der Waals surface area contributed by atoms with Crippen molar-refractivity contribution >= 4 is 5.97 Å². The van der Waals surface area contributed by atoms with E-state index in [1.165, 1.54) is 0 Å². The highest BCUT2D eigenvalue weighted by molar-refractivity contribution is 5.73. The summed E-state index contributed by atoms with van der Waals surface area (Å²) in [5, 5.41) is 9.09. The molecule has 0 heterocycles. The maximum Gasteiger partial charge on any atom is 0.309 e. The number of aliphatic carboxylic acids is 1. The molecule has 0 amide bonds. The molecule has 78 valence electrons. The van der Waals surface area contributed by atoms with Crippen molar-refractivity contribution in [2.45, 2.75) is 59.3 Å². The van der Waals surface area contributed by atoms with Gasteiger partial charge >= 0.3 is 5.97 Å². The van der Waals surface area contributed by atoms with Crippen molar-refractivity contribution in [2.24, 2.45) is 5.41 Å². The molecule has 2 heteroatoms. The molecule has 0 fully saturated rings. The predicted molar refractivity (Wildman–Crippen MR) is 54.8 cm³/mol. The molecule has 13 heavy (non-hydrogen) atoms. The van der Waals surface area contributed by atoms with Crippen molar-refractivity contribution in [1.29, 1.82) is 0 Å². The van der Waals surface area contributed by atoms with Gasteiger partial charge in [-0.2, -0.15) is 0 Å². The molecule has 0 unspecified atom stereocenters. The number of carboxylic acids is 1. The van der Waals surface area contributed by atoms with Gasteiger partial charge in [-0.15, -0.1) is 0 Å². The molecular formula is C11H22O2. The van der Waals surface area contributed by atoms with E-state index >= 15 is 0 Å². The van der Waals surface area contributed by atoms with Gasteiger partial charge in [-0.05, 0) is 19.8 Å². The number of carboxylic acid groups (broad SMARTS) is 1. The van der Waals surface area contributed by atoms with Gasteiger partial charge in [0.1, 0.15) is 0 Å². The van der Waals surface area contributed by atoms with Gasteiger partial charge in [-0.25, -0.2) is 0 Å². The number of unbranched alkanes of at least 4 members (excludes halogenated alkanes) is 2. The van der Waals surface area contributed by atoms with Gasteiger partial charge in [0.15, 0.2) is 0 Å². The molecule has 0 aromatic carbocycles. The van der Waals surface area contributed by atoms with Crippen LogP contribution in [0, 0.1) is 5.41 Å². The molecule has 0 aromatic rings. The first-order valence-electron chi connectivity index (χ1n) is 5.30. The van der Waals surface area contributed by atoms with E-state index in [2.05, 4.69) is 13.8 Å². The Balaban J connectivity index is 4.08. The van der Waals surface area contributed by atoms with Crippen LogP contribution >= 0.6 is 0 Å². The first-order valence-corrected chi connectivity index (χ1v) is 5.30. The molecular weight excluding hydrogens is 164 g/mol. The third-order valence-corrected chi connectivity index (χ3v) is 2.68. The average molecular weight is 186 g/mol. The van der Waals surface area contributed by atoms with Crippen LogP contribution in [0.15, 0.2) is 0 Å². The van der Waals surface area contributed by atoms with Crippen LogP contribution in [0.5, 0.6) is 0 Å². The summed E-state index contributed by atoms with van der Waals surface area (Å²) in [6.45, 7) is 6.07. The van der Waals surface area contributed by atoms with Crippen molar-refractivity contribution in [2.75, 3.05) is 0 Å². The van der Waals surface area contributed by atoms with E-state index in [1.54, 1.807) is 0 Å². The fraction of sp³-hybridized carbons (Fsp3) is 0.909.